The number of ether oxygens (including phenoxy) is 1. The summed E-state index contributed by atoms with van der Waals surface area (Å²) < 4.78 is 10.1. The number of alkyl halides is 1. The minimum atomic E-state index is -0.373. The Morgan fingerprint density at radius 1 is 1.39 bits per heavy atom. The second-order valence-corrected chi connectivity index (χ2v) is 4.31. The first-order valence-corrected chi connectivity index (χ1v) is 6.45. The lowest BCUT2D eigenvalue weighted by molar-refractivity contribution is -0.140. The van der Waals surface area contributed by atoms with Crippen LogP contribution in [0.15, 0.2) is 28.7 Å². The van der Waals surface area contributed by atoms with Crippen molar-refractivity contribution in [3.8, 4) is 0 Å². The maximum atomic E-state index is 11.7. The number of ketones is 1. The zero-order chi connectivity index (χ0) is 13.1. The fourth-order valence-corrected chi connectivity index (χ4v) is 2.01. The molecule has 0 radical (unpaired) electrons. The fraction of sp³-hybridized carbons (Fsp3) is 0.231. The summed E-state index contributed by atoms with van der Waals surface area (Å²) in [6.45, 7) is 0. The third-order valence-electron chi connectivity index (χ3n) is 2.56. The van der Waals surface area contributed by atoms with Crippen LogP contribution in [0.5, 0.6) is 0 Å². The first kappa shape index (κ1) is 12.8. The highest BCUT2D eigenvalue weighted by molar-refractivity contribution is 9.09. The summed E-state index contributed by atoms with van der Waals surface area (Å²) in [5, 5.41) is 1.04. The Labute approximate surface area is 112 Å². The summed E-state index contributed by atoms with van der Waals surface area (Å²) >= 11 is 3.13. The number of para-hydroxylation sites is 1. The first-order chi connectivity index (χ1) is 8.65. The van der Waals surface area contributed by atoms with Gasteiger partial charge in [-0.3, -0.25) is 9.59 Å². The van der Waals surface area contributed by atoms with Gasteiger partial charge in [-0.25, -0.2) is 0 Å². The molecular formula is C13H11BrO4. The SMILES string of the molecule is COC(=O)Cc1cc2cccc(C(=O)CBr)c2o1. The molecule has 0 aliphatic carbocycles. The van der Waals surface area contributed by atoms with Gasteiger partial charge >= 0.3 is 5.97 Å². The van der Waals surface area contributed by atoms with Crippen LogP contribution in [-0.2, 0) is 16.0 Å². The summed E-state index contributed by atoms with van der Waals surface area (Å²) in [4.78, 5) is 22.9. The van der Waals surface area contributed by atoms with Crippen LogP contribution in [0.25, 0.3) is 11.0 Å². The molecular weight excluding hydrogens is 300 g/mol. The Bertz CT molecular complexity index is 600. The number of carbonyl (C=O) groups is 2. The zero-order valence-electron chi connectivity index (χ0n) is 9.73. The van der Waals surface area contributed by atoms with E-state index in [0.717, 1.165) is 5.39 Å². The van der Waals surface area contributed by atoms with Crippen LogP contribution >= 0.6 is 15.9 Å². The van der Waals surface area contributed by atoms with Crippen LogP contribution in [0.3, 0.4) is 0 Å². The van der Waals surface area contributed by atoms with Crippen molar-refractivity contribution in [3.63, 3.8) is 0 Å². The van der Waals surface area contributed by atoms with Crippen molar-refractivity contribution in [1.29, 1.82) is 0 Å². The predicted molar refractivity (Wildman–Crippen MR) is 70.1 cm³/mol. The molecule has 1 heterocycles. The van der Waals surface area contributed by atoms with E-state index in [4.69, 9.17) is 4.42 Å². The summed E-state index contributed by atoms with van der Waals surface area (Å²) in [5.41, 5.74) is 1.03. The standard InChI is InChI=1S/C13H11BrO4/c1-17-12(16)6-9-5-8-3-2-4-10(11(15)7-14)13(8)18-9/h2-5H,6-7H2,1H3. The van der Waals surface area contributed by atoms with E-state index in [1.54, 1.807) is 18.2 Å². The van der Waals surface area contributed by atoms with Crippen molar-refractivity contribution < 1.29 is 18.7 Å². The molecule has 1 aromatic heterocycles. The van der Waals surface area contributed by atoms with Crippen molar-refractivity contribution in [2.24, 2.45) is 0 Å². The quantitative estimate of drug-likeness (QED) is 0.495. The van der Waals surface area contributed by atoms with Gasteiger partial charge in [-0.05, 0) is 12.1 Å². The topological polar surface area (TPSA) is 56.5 Å². The maximum Gasteiger partial charge on any atom is 0.313 e. The van der Waals surface area contributed by atoms with E-state index >= 15 is 0 Å². The number of esters is 1. The molecule has 1 aromatic carbocycles. The summed E-state index contributed by atoms with van der Waals surface area (Å²) in [6.07, 6.45) is 0.0626. The zero-order valence-corrected chi connectivity index (χ0v) is 11.3. The predicted octanol–water partition coefficient (Wildman–Crippen LogP) is 2.73. The summed E-state index contributed by atoms with van der Waals surface area (Å²) in [6, 6.07) is 7.08. The average molecular weight is 311 g/mol. The Hall–Kier alpha value is -1.62. The summed E-state index contributed by atoms with van der Waals surface area (Å²) in [5.74, 6) is 0.0636. The van der Waals surface area contributed by atoms with E-state index in [-0.39, 0.29) is 23.5 Å². The van der Waals surface area contributed by atoms with Gasteiger partial charge in [0.05, 0.1) is 18.0 Å². The third-order valence-corrected chi connectivity index (χ3v) is 3.07. The Morgan fingerprint density at radius 2 is 2.17 bits per heavy atom. The number of rotatable bonds is 4. The number of benzene rings is 1. The van der Waals surface area contributed by atoms with Crippen LogP contribution in [0.1, 0.15) is 16.1 Å². The second-order valence-electron chi connectivity index (χ2n) is 3.75. The first-order valence-electron chi connectivity index (χ1n) is 5.33. The van der Waals surface area contributed by atoms with E-state index in [9.17, 15) is 9.59 Å². The molecule has 4 nitrogen and oxygen atoms in total. The molecule has 2 rings (SSSR count). The smallest absolute Gasteiger partial charge is 0.313 e. The van der Waals surface area contributed by atoms with Gasteiger partial charge in [0, 0.05) is 5.39 Å². The molecule has 0 spiro atoms. The number of Topliss-reactive ketones (excluding diaryl/α,β-unsaturated/α-hetero) is 1. The van der Waals surface area contributed by atoms with E-state index in [1.807, 2.05) is 6.07 Å². The van der Waals surface area contributed by atoms with Gasteiger partial charge in [-0.15, -0.1) is 0 Å². The van der Waals surface area contributed by atoms with Gasteiger partial charge in [0.15, 0.2) is 5.78 Å². The monoisotopic (exact) mass is 310 g/mol. The fourth-order valence-electron chi connectivity index (χ4n) is 1.71. The van der Waals surface area contributed by atoms with Crippen molar-refractivity contribution in [1.82, 2.24) is 0 Å². The highest BCUT2D eigenvalue weighted by Gasteiger charge is 2.14. The Morgan fingerprint density at radius 3 is 2.83 bits per heavy atom. The molecule has 94 valence electrons. The van der Waals surface area contributed by atoms with Crippen molar-refractivity contribution >= 4 is 38.7 Å². The molecule has 5 heteroatoms. The Kier molecular flexibility index (Phi) is 3.81. The highest BCUT2D eigenvalue weighted by atomic mass is 79.9. The molecule has 0 bridgehead atoms. The van der Waals surface area contributed by atoms with Crippen molar-refractivity contribution in [2.45, 2.75) is 6.42 Å². The van der Waals surface area contributed by atoms with E-state index in [2.05, 4.69) is 20.7 Å². The van der Waals surface area contributed by atoms with Gasteiger partial charge in [-0.1, -0.05) is 28.1 Å². The van der Waals surface area contributed by atoms with Crippen LogP contribution in [-0.4, -0.2) is 24.2 Å². The van der Waals surface area contributed by atoms with E-state index in [0.29, 0.717) is 16.9 Å². The lowest BCUT2D eigenvalue weighted by atomic mass is 10.1. The molecule has 0 unspecified atom stereocenters. The number of hydrogen-bond donors (Lipinski definition) is 0. The molecule has 18 heavy (non-hydrogen) atoms. The number of methoxy groups -OCH3 is 1. The molecule has 0 amide bonds. The second kappa shape index (κ2) is 5.35. The Balaban J connectivity index is 2.44. The van der Waals surface area contributed by atoms with Crippen molar-refractivity contribution in [2.75, 3.05) is 12.4 Å². The number of halogens is 1. The summed E-state index contributed by atoms with van der Waals surface area (Å²) in [7, 11) is 1.32. The highest BCUT2D eigenvalue weighted by Crippen LogP contribution is 2.24. The molecule has 0 aliphatic rings. The normalized spacial score (nSPS) is 10.6. The van der Waals surface area contributed by atoms with Gasteiger partial charge < -0.3 is 9.15 Å². The minimum absolute atomic E-state index is 0.0560. The number of fused-ring (bicyclic) bond motifs is 1. The molecule has 0 fully saturated rings. The molecule has 0 atom stereocenters. The van der Waals surface area contributed by atoms with Gasteiger partial charge in [-0.2, -0.15) is 0 Å². The number of furan rings is 1. The van der Waals surface area contributed by atoms with Gasteiger partial charge in [0.1, 0.15) is 17.8 Å². The van der Waals surface area contributed by atoms with Crippen LogP contribution in [0.2, 0.25) is 0 Å². The molecule has 0 aliphatic heterocycles. The largest absolute Gasteiger partial charge is 0.469 e. The molecule has 2 aromatic rings. The van der Waals surface area contributed by atoms with Crippen LogP contribution < -0.4 is 0 Å². The van der Waals surface area contributed by atoms with Crippen LogP contribution in [0.4, 0.5) is 0 Å². The third kappa shape index (κ3) is 2.46. The lowest BCUT2D eigenvalue weighted by Crippen LogP contribution is -2.03. The van der Waals surface area contributed by atoms with E-state index < -0.39 is 0 Å². The molecule has 0 saturated carbocycles. The number of hydrogen-bond acceptors (Lipinski definition) is 4. The van der Waals surface area contributed by atoms with Gasteiger partial charge in [0.2, 0.25) is 0 Å². The lowest BCUT2D eigenvalue weighted by Gasteiger charge is -1.98. The minimum Gasteiger partial charge on any atom is -0.469 e. The maximum absolute atomic E-state index is 11.7. The van der Waals surface area contributed by atoms with Gasteiger partial charge in [0.25, 0.3) is 0 Å². The number of carbonyl (C=O) groups excluding carboxylic acids is 2. The van der Waals surface area contributed by atoms with E-state index in [1.165, 1.54) is 7.11 Å². The van der Waals surface area contributed by atoms with Crippen LogP contribution in [0, 0.1) is 0 Å². The molecule has 0 N–H and O–H groups in total. The molecule has 0 saturated heterocycles. The average Bonchev–Trinajstić information content (AvgIpc) is 2.79. The van der Waals surface area contributed by atoms with Crippen molar-refractivity contribution in [3.05, 3.63) is 35.6 Å².